The third-order valence-corrected chi connectivity index (χ3v) is 2.38. The largest absolute Gasteiger partial charge is 0.380 e. The average molecular weight is 223 g/mol. The Bertz CT molecular complexity index is 287. The molecule has 0 bridgehead atoms. The zero-order chi connectivity index (χ0) is 11.8. The van der Waals surface area contributed by atoms with Gasteiger partial charge in [-0.3, -0.25) is 9.88 Å². The molecule has 90 valence electrons. The van der Waals surface area contributed by atoms with E-state index in [0.29, 0.717) is 6.54 Å². The maximum Gasteiger partial charge on any atom is 0.0593 e. The minimum atomic E-state index is 0.549. The first-order valence-corrected chi connectivity index (χ1v) is 5.66. The summed E-state index contributed by atoms with van der Waals surface area (Å²) in [5, 5.41) is 0. The van der Waals surface area contributed by atoms with Crippen molar-refractivity contribution in [3.05, 3.63) is 29.6 Å². The van der Waals surface area contributed by atoms with Gasteiger partial charge in [-0.05, 0) is 25.6 Å². The molecular formula is C12H21N3O. The van der Waals surface area contributed by atoms with Crippen LogP contribution in [0.15, 0.2) is 18.3 Å². The third kappa shape index (κ3) is 4.70. The monoisotopic (exact) mass is 223 g/mol. The summed E-state index contributed by atoms with van der Waals surface area (Å²) in [4.78, 5) is 6.55. The molecule has 1 aromatic rings. The van der Waals surface area contributed by atoms with E-state index in [-0.39, 0.29) is 0 Å². The predicted octanol–water partition coefficient (Wildman–Crippen LogP) is 1.01. The second kappa shape index (κ2) is 7.33. The van der Waals surface area contributed by atoms with E-state index in [9.17, 15) is 0 Å². The Balaban J connectivity index is 2.34. The fourth-order valence-corrected chi connectivity index (χ4v) is 1.39. The first-order chi connectivity index (χ1) is 7.76. The van der Waals surface area contributed by atoms with Gasteiger partial charge in [-0.1, -0.05) is 6.07 Å². The highest BCUT2D eigenvalue weighted by atomic mass is 16.5. The highest BCUT2D eigenvalue weighted by Crippen LogP contribution is 2.02. The summed E-state index contributed by atoms with van der Waals surface area (Å²) in [6.07, 6.45) is 1.84. The van der Waals surface area contributed by atoms with Crippen molar-refractivity contribution in [2.24, 2.45) is 5.73 Å². The molecule has 0 fully saturated rings. The quantitative estimate of drug-likeness (QED) is 0.701. The minimum Gasteiger partial charge on any atom is -0.380 e. The molecule has 2 N–H and O–H groups in total. The van der Waals surface area contributed by atoms with Crippen molar-refractivity contribution < 1.29 is 4.74 Å². The Morgan fingerprint density at radius 3 is 2.81 bits per heavy atom. The SMILES string of the molecule is CCOCCN(C)Cc1ccc(CN)cn1. The molecule has 0 radical (unpaired) electrons. The van der Waals surface area contributed by atoms with E-state index in [1.54, 1.807) is 0 Å². The van der Waals surface area contributed by atoms with Crippen LogP contribution in [-0.4, -0.2) is 36.7 Å². The summed E-state index contributed by atoms with van der Waals surface area (Å²) in [5.41, 5.74) is 7.65. The molecule has 0 amide bonds. The van der Waals surface area contributed by atoms with Crippen LogP contribution in [0.5, 0.6) is 0 Å². The molecule has 0 aliphatic carbocycles. The zero-order valence-corrected chi connectivity index (χ0v) is 10.1. The molecule has 0 saturated carbocycles. The fraction of sp³-hybridized carbons (Fsp3) is 0.583. The summed E-state index contributed by atoms with van der Waals surface area (Å²) in [7, 11) is 2.07. The lowest BCUT2D eigenvalue weighted by molar-refractivity contribution is 0.120. The Hall–Kier alpha value is -0.970. The van der Waals surface area contributed by atoms with Crippen LogP contribution in [-0.2, 0) is 17.8 Å². The minimum absolute atomic E-state index is 0.549. The predicted molar refractivity (Wildman–Crippen MR) is 65.0 cm³/mol. The van der Waals surface area contributed by atoms with Gasteiger partial charge in [0.25, 0.3) is 0 Å². The van der Waals surface area contributed by atoms with Gasteiger partial charge in [0.1, 0.15) is 0 Å². The van der Waals surface area contributed by atoms with Crippen molar-refractivity contribution in [3.63, 3.8) is 0 Å². The smallest absolute Gasteiger partial charge is 0.0593 e. The number of likely N-dealkylation sites (N-methyl/N-ethyl adjacent to an activating group) is 1. The van der Waals surface area contributed by atoms with E-state index in [4.69, 9.17) is 10.5 Å². The summed E-state index contributed by atoms with van der Waals surface area (Å²) >= 11 is 0. The maximum atomic E-state index is 5.52. The molecule has 0 spiro atoms. The van der Waals surface area contributed by atoms with Gasteiger partial charge in [0.2, 0.25) is 0 Å². The van der Waals surface area contributed by atoms with E-state index >= 15 is 0 Å². The Labute approximate surface area is 97.4 Å². The van der Waals surface area contributed by atoms with E-state index < -0.39 is 0 Å². The molecule has 1 aromatic heterocycles. The molecule has 1 heterocycles. The Morgan fingerprint density at radius 1 is 1.44 bits per heavy atom. The lowest BCUT2D eigenvalue weighted by Crippen LogP contribution is -2.23. The standard InChI is InChI=1S/C12H21N3O/c1-3-16-7-6-15(2)10-12-5-4-11(8-13)9-14-12/h4-5,9H,3,6-8,10,13H2,1-2H3. The van der Waals surface area contributed by atoms with Crippen LogP contribution in [0, 0.1) is 0 Å². The summed E-state index contributed by atoms with van der Waals surface area (Å²) in [6, 6.07) is 4.05. The lowest BCUT2D eigenvalue weighted by atomic mass is 10.2. The first kappa shape index (κ1) is 13.1. The maximum absolute atomic E-state index is 5.52. The average Bonchev–Trinajstić information content (AvgIpc) is 2.30. The van der Waals surface area contributed by atoms with Gasteiger partial charge < -0.3 is 10.5 Å². The Morgan fingerprint density at radius 2 is 2.25 bits per heavy atom. The second-order valence-electron chi connectivity index (χ2n) is 3.80. The molecule has 1 rings (SSSR count). The lowest BCUT2D eigenvalue weighted by Gasteiger charge is -2.15. The van der Waals surface area contributed by atoms with Crippen molar-refractivity contribution in [1.29, 1.82) is 0 Å². The van der Waals surface area contributed by atoms with Crippen molar-refractivity contribution in [2.45, 2.75) is 20.0 Å². The zero-order valence-electron chi connectivity index (χ0n) is 10.1. The number of nitrogens with two attached hydrogens (primary N) is 1. The summed E-state index contributed by atoms with van der Waals surface area (Å²) in [6.45, 7) is 5.87. The number of hydrogen-bond donors (Lipinski definition) is 1. The summed E-state index contributed by atoms with van der Waals surface area (Å²) in [5.74, 6) is 0. The van der Waals surface area contributed by atoms with Gasteiger partial charge in [0.15, 0.2) is 0 Å². The van der Waals surface area contributed by atoms with Crippen LogP contribution in [0.3, 0.4) is 0 Å². The van der Waals surface area contributed by atoms with Crippen molar-refractivity contribution in [3.8, 4) is 0 Å². The number of rotatable bonds is 7. The topological polar surface area (TPSA) is 51.4 Å². The van der Waals surface area contributed by atoms with Gasteiger partial charge >= 0.3 is 0 Å². The number of ether oxygens (including phenoxy) is 1. The molecular weight excluding hydrogens is 202 g/mol. The van der Waals surface area contributed by atoms with E-state index in [2.05, 4.69) is 16.9 Å². The number of nitrogens with zero attached hydrogens (tertiary/aromatic N) is 2. The van der Waals surface area contributed by atoms with Crippen LogP contribution >= 0.6 is 0 Å². The highest BCUT2D eigenvalue weighted by Gasteiger charge is 2.01. The normalized spacial score (nSPS) is 11.0. The number of pyridine rings is 1. The first-order valence-electron chi connectivity index (χ1n) is 5.66. The van der Waals surface area contributed by atoms with E-state index in [1.807, 2.05) is 25.3 Å². The molecule has 0 unspecified atom stereocenters. The molecule has 0 atom stereocenters. The second-order valence-corrected chi connectivity index (χ2v) is 3.80. The van der Waals surface area contributed by atoms with E-state index in [1.165, 1.54) is 0 Å². The van der Waals surface area contributed by atoms with Gasteiger partial charge in [0.05, 0.1) is 12.3 Å². The fourth-order valence-electron chi connectivity index (χ4n) is 1.39. The third-order valence-electron chi connectivity index (χ3n) is 2.38. The van der Waals surface area contributed by atoms with Crippen LogP contribution in [0.2, 0.25) is 0 Å². The van der Waals surface area contributed by atoms with Crippen LogP contribution < -0.4 is 5.73 Å². The molecule has 4 nitrogen and oxygen atoms in total. The highest BCUT2D eigenvalue weighted by molar-refractivity contribution is 5.13. The van der Waals surface area contributed by atoms with Crippen LogP contribution in [0.1, 0.15) is 18.2 Å². The van der Waals surface area contributed by atoms with E-state index in [0.717, 1.165) is 37.6 Å². The van der Waals surface area contributed by atoms with Crippen LogP contribution in [0.4, 0.5) is 0 Å². The molecule has 0 aliphatic heterocycles. The van der Waals surface area contributed by atoms with Crippen molar-refractivity contribution >= 4 is 0 Å². The van der Waals surface area contributed by atoms with Gasteiger partial charge in [0, 0.05) is 32.4 Å². The van der Waals surface area contributed by atoms with Gasteiger partial charge in [-0.2, -0.15) is 0 Å². The molecule has 0 aliphatic rings. The van der Waals surface area contributed by atoms with Gasteiger partial charge in [-0.25, -0.2) is 0 Å². The molecule has 16 heavy (non-hydrogen) atoms. The summed E-state index contributed by atoms with van der Waals surface area (Å²) < 4.78 is 5.30. The molecule has 0 aromatic carbocycles. The van der Waals surface area contributed by atoms with Gasteiger partial charge in [-0.15, -0.1) is 0 Å². The Kier molecular flexibility index (Phi) is 6.00. The molecule has 0 saturated heterocycles. The van der Waals surface area contributed by atoms with Crippen molar-refractivity contribution in [1.82, 2.24) is 9.88 Å². The number of aromatic nitrogens is 1. The van der Waals surface area contributed by atoms with Crippen molar-refractivity contribution in [2.75, 3.05) is 26.8 Å². The number of hydrogen-bond acceptors (Lipinski definition) is 4. The molecule has 4 heteroatoms. The van der Waals surface area contributed by atoms with Crippen LogP contribution in [0.25, 0.3) is 0 Å².